The van der Waals surface area contributed by atoms with Crippen molar-refractivity contribution in [1.29, 1.82) is 0 Å². The normalized spacial score (nSPS) is 27.9. The van der Waals surface area contributed by atoms with Crippen LogP contribution >= 0.6 is 0 Å². The summed E-state index contributed by atoms with van der Waals surface area (Å²) in [5.74, 6) is -2.86. The number of anilines is 1. The molecule has 4 heterocycles. The van der Waals surface area contributed by atoms with Gasteiger partial charge in [0.05, 0.1) is 43.0 Å². The van der Waals surface area contributed by atoms with E-state index in [0.717, 1.165) is 10.6 Å². The number of aromatic nitrogens is 3. The number of imide groups is 1. The van der Waals surface area contributed by atoms with Crippen molar-refractivity contribution < 1.29 is 33.9 Å². The first-order valence-electron chi connectivity index (χ1n) is 15.6. The molecule has 242 valence electrons. The summed E-state index contributed by atoms with van der Waals surface area (Å²) in [5, 5.41) is 24.6. The molecule has 47 heavy (non-hydrogen) atoms. The third kappa shape index (κ3) is 4.93. The van der Waals surface area contributed by atoms with Crippen LogP contribution in [0.15, 0.2) is 54.7 Å². The van der Waals surface area contributed by atoms with Crippen LogP contribution in [0.1, 0.15) is 57.7 Å². The van der Waals surface area contributed by atoms with Crippen LogP contribution in [-0.4, -0.2) is 79.7 Å². The van der Waals surface area contributed by atoms with Crippen LogP contribution in [0.5, 0.6) is 0 Å². The maximum atomic E-state index is 14.1. The second-order valence-electron chi connectivity index (χ2n) is 12.5. The monoisotopic (exact) mass is 639 g/mol. The molecule has 2 aromatic carbocycles. The van der Waals surface area contributed by atoms with Gasteiger partial charge in [0.2, 0.25) is 5.91 Å². The summed E-state index contributed by atoms with van der Waals surface area (Å²) >= 11 is 0. The molecule has 0 bridgehead atoms. The number of para-hydroxylation sites is 1. The van der Waals surface area contributed by atoms with E-state index in [4.69, 9.17) is 16.1 Å². The number of piperidine rings is 1. The zero-order chi connectivity index (χ0) is 32.9. The van der Waals surface area contributed by atoms with Gasteiger partial charge in [0.25, 0.3) is 11.8 Å². The smallest absolute Gasteiger partial charge is 0.311 e. The largest absolute Gasteiger partial charge is 0.469 e. The van der Waals surface area contributed by atoms with Crippen molar-refractivity contribution in [3.8, 4) is 0 Å². The molecule has 1 aliphatic carbocycles. The van der Waals surface area contributed by atoms with Gasteiger partial charge >= 0.3 is 5.97 Å². The lowest BCUT2D eigenvalue weighted by Gasteiger charge is -2.49. The minimum Gasteiger partial charge on any atom is -0.469 e. The van der Waals surface area contributed by atoms with Crippen molar-refractivity contribution in [3.63, 3.8) is 0 Å². The Hall–Kier alpha value is -5.13. The molecule has 3 aromatic rings. The maximum absolute atomic E-state index is 14.1. The molecule has 1 saturated heterocycles. The van der Waals surface area contributed by atoms with Gasteiger partial charge in [0, 0.05) is 12.2 Å². The van der Waals surface area contributed by atoms with Crippen molar-refractivity contribution in [3.05, 3.63) is 88.6 Å². The fraction of sp³-hybridized carbons (Fsp3) is 0.424. The van der Waals surface area contributed by atoms with Crippen molar-refractivity contribution >= 4 is 29.4 Å². The molecule has 2 N–H and O–H groups in total. The molecule has 3 amide bonds. The second-order valence-corrected chi connectivity index (χ2v) is 12.5. The first-order valence-corrected chi connectivity index (χ1v) is 15.6. The van der Waals surface area contributed by atoms with Crippen LogP contribution < -0.4 is 5.32 Å². The van der Waals surface area contributed by atoms with E-state index in [9.17, 15) is 24.3 Å². The lowest BCUT2D eigenvalue weighted by Crippen LogP contribution is -2.60. The predicted octanol–water partition coefficient (Wildman–Crippen LogP) is 2.37. The van der Waals surface area contributed by atoms with Crippen molar-refractivity contribution in [2.45, 2.75) is 56.4 Å². The van der Waals surface area contributed by atoms with Crippen LogP contribution in [0.4, 0.5) is 5.69 Å². The number of nitrogens with zero attached hydrogens (tertiary/aromatic N) is 6. The van der Waals surface area contributed by atoms with E-state index in [1.54, 1.807) is 40.2 Å². The number of amides is 3. The highest BCUT2D eigenvalue weighted by atomic mass is 16.7. The van der Waals surface area contributed by atoms with Crippen LogP contribution in [0.3, 0.4) is 0 Å². The molecule has 1 saturated carbocycles. The third-order valence-electron chi connectivity index (χ3n) is 10.2. The topological polar surface area (TPSA) is 161 Å². The number of benzene rings is 2. The van der Waals surface area contributed by atoms with E-state index in [0.29, 0.717) is 37.2 Å². The average molecular weight is 640 g/mol. The molecule has 1 aromatic heterocycles. The van der Waals surface area contributed by atoms with Gasteiger partial charge in [-0.25, -0.2) is 0 Å². The predicted molar refractivity (Wildman–Crippen MR) is 163 cm³/mol. The van der Waals surface area contributed by atoms with Crippen molar-refractivity contribution in [2.24, 2.45) is 17.8 Å². The number of aryl methyl sites for hydroxylation is 1. The van der Waals surface area contributed by atoms with Crippen molar-refractivity contribution in [1.82, 2.24) is 25.1 Å². The Bertz CT molecular complexity index is 1770. The SMILES string of the molecule is [C-]#[N+]N1C[C@@H]2CC[C@H](O)[C@H](C(=O)OC)[C@H]2C[C@H]1[C@@]1(CCn2cc(CON3C(=O)c4ccccc4C3=O)nn2)C(=O)Nc2ccccc21. The Kier molecular flexibility index (Phi) is 7.73. The van der Waals surface area contributed by atoms with Gasteiger partial charge in [-0.05, 0) is 61.3 Å². The number of aliphatic hydroxyl groups is 1. The molecule has 14 nitrogen and oxygen atoms in total. The summed E-state index contributed by atoms with van der Waals surface area (Å²) in [6.07, 6.45) is 2.45. The van der Waals surface area contributed by atoms with Gasteiger partial charge in [-0.2, -0.15) is 11.5 Å². The molecule has 14 heteroatoms. The molecule has 2 fully saturated rings. The Morgan fingerprint density at radius 1 is 1.11 bits per heavy atom. The molecule has 4 aliphatic rings. The van der Waals surface area contributed by atoms with E-state index in [-0.39, 0.29) is 48.4 Å². The molecular formula is C33H33N7O7. The molecule has 0 radical (unpaired) electrons. The zero-order valence-corrected chi connectivity index (χ0v) is 25.6. The number of hydroxylamine groups is 2. The van der Waals surface area contributed by atoms with Gasteiger partial charge < -0.3 is 15.2 Å². The number of aliphatic hydroxyl groups excluding tert-OH is 1. The number of ether oxygens (including phenoxy) is 1. The number of carbonyl (C=O) groups is 4. The van der Waals surface area contributed by atoms with Crippen LogP contribution in [0.25, 0.3) is 4.95 Å². The summed E-state index contributed by atoms with van der Waals surface area (Å²) in [4.78, 5) is 61.8. The summed E-state index contributed by atoms with van der Waals surface area (Å²) in [6.45, 7) is 8.53. The van der Waals surface area contributed by atoms with Gasteiger partial charge in [-0.3, -0.25) is 28.7 Å². The number of rotatable bonds is 8. The highest BCUT2D eigenvalue weighted by Gasteiger charge is 2.60. The fourth-order valence-corrected chi connectivity index (χ4v) is 8.01. The van der Waals surface area contributed by atoms with Crippen molar-refractivity contribution in [2.75, 3.05) is 19.0 Å². The Morgan fingerprint density at radius 2 is 1.83 bits per heavy atom. The molecule has 0 spiro atoms. The number of esters is 1. The highest BCUT2D eigenvalue weighted by molar-refractivity contribution is 6.20. The van der Waals surface area contributed by atoms with Gasteiger partial charge in [0.15, 0.2) is 0 Å². The lowest BCUT2D eigenvalue weighted by molar-refractivity contribution is -0.160. The Balaban J connectivity index is 1.14. The summed E-state index contributed by atoms with van der Waals surface area (Å²) in [5.41, 5.74) is 1.13. The minimum atomic E-state index is -1.18. The first-order chi connectivity index (χ1) is 22.8. The zero-order valence-electron chi connectivity index (χ0n) is 25.6. The summed E-state index contributed by atoms with van der Waals surface area (Å²) < 4.78 is 6.65. The number of methoxy groups -OCH3 is 1. The summed E-state index contributed by atoms with van der Waals surface area (Å²) in [6, 6.07) is 13.3. The molecule has 3 aliphatic heterocycles. The van der Waals surface area contributed by atoms with E-state index >= 15 is 0 Å². The Labute approximate surface area is 270 Å². The first kappa shape index (κ1) is 30.5. The number of hydrogen-bond acceptors (Lipinski definition) is 10. The molecule has 0 unspecified atom stereocenters. The van der Waals surface area contributed by atoms with Crippen LogP contribution in [0, 0.1) is 24.3 Å². The van der Waals surface area contributed by atoms with E-state index in [1.165, 1.54) is 7.11 Å². The maximum Gasteiger partial charge on any atom is 0.311 e. The summed E-state index contributed by atoms with van der Waals surface area (Å²) in [7, 11) is 1.31. The number of carbonyl (C=O) groups excluding carboxylic acids is 4. The van der Waals surface area contributed by atoms with E-state index in [2.05, 4.69) is 20.6 Å². The van der Waals surface area contributed by atoms with Gasteiger partial charge in [-0.15, -0.1) is 15.2 Å². The minimum absolute atomic E-state index is 0.00959. The van der Waals surface area contributed by atoms with Crippen LogP contribution in [0.2, 0.25) is 0 Å². The quantitative estimate of drug-likeness (QED) is 0.213. The second kappa shape index (κ2) is 11.9. The number of fused-ring (bicyclic) bond motifs is 3. The molecule has 6 atom stereocenters. The standard InChI is InChI=1S/C33H33N7O7/c1-34-39-16-19-11-12-26(41)28(31(44)46-2)23(19)15-27(39)33(24-9-5-6-10-25(24)35-32(33)45)13-14-38-17-20(36-37-38)18-47-40-29(42)21-7-3-4-8-22(21)30(40)43/h3-10,17,19,23,26-28,41H,11-16,18H2,2H3,(H,35,45)/t19-,23-,26-,27-,28+,33-/m0/s1. The van der Waals surface area contributed by atoms with E-state index < -0.39 is 41.3 Å². The lowest BCUT2D eigenvalue weighted by atomic mass is 9.60. The average Bonchev–Trinajstić information content (AvgIpc) is 3.74. The number of hydrogen-bond donors (Lipinski definition) is 2. The third-order valence-corrected chi connectivity index (χ3v) is 10.2. The number of nitrogens with one attached hydrogen (secondary N) is 1. The molecule has 7 rings (SSSR count). The highest BCUT2D eigenvalue weighted by Crippen LogP contribution is 2.52. The Morgan fingerprint density at radius 3 is 2.55 bits per heavy atom. The van der Waals surface area contributed by atoms with Gasteiger partial charge in [-0.1, -0.05) is 35.5 Å². The van der Waals surface area contributed by atoms with Gasteiger partial charge in [0.1, 0.15) is 23.8 Å². The van der Waals surface area contributed by atoms with Crippen LogP contribution in [-0.2, 0) is 37.7 Å². The molecular weight excluding hydrogens is 606 g/mol. The van der Waals surface area contributed by atoms with E-state index in [1.807, 2.05) is 24.3 Å². The fourth-order valence-electron chi connectivity index (χ4n) is 8.01.